The molecule has 2 fully saturated rings. The zero-order valence-electron chi connectivity index (χ0n) is 16.9. The van der Waals surface area contributed by atoms with Crippen molar-refractivity contribution in [3.63, 3.8) is 0 Å². The lowest BCUT2D eigenvalue weighted by molar-refractivity contribution is -0.139. The first kappa shape index (κ1) is 20.7. The number of halogens is 1. The van der Waals surface area contributed by atoms with Gasteiger partial charge in [-0.25, -0.2) is 0 Å². The Bertz CT molecular complexity index is 929. The minimum absolute atomic E-state index is 0.0764. The predicted molar refractivity (Wildman–Crippen MR) is 114 cm³/mol. The van der Waals surface area contributed by atoms with E-state index in [0.29, 0.717) is 50.0 Å². The van der Waals surface area contributed by atoms with Gasteiger partial charge in [-0.2, -0.15) is 0 Å². The van der Waals surface area contributed by atoms with Crippen LogP contribution in [0, 0.1) is 5.92 Å². The van der Waals surface area contributed by atoms with E-state index < -0.39 is 0 Å². The number of morpholine rings is 1. The third kappa shape index (κ3) is 4.30. The molecule has 7 heteroatoms. The summed E-state index contributed by atoms with van der Waals surface area (Å²) in [6.45, 7) is 3.12. The molecule has 0 radical (unpaired) electrons. The molecule has 2 aromatic carbocycles. The van der Waals surface area contributed by atoms with E-state index in [1.807, 2.05) is 29.2 Å². The van der Waals surface area contributed by atoms with Gasteiger partial charge in [0, 0.05) is 42.7 Å². The van der Waals surface area contributed by atoms with Crippen LogP contribution in [-0.2, 0) is 9.53 Å². The van der Waals surface area contributed by atoms with E-state index in [9.17, 15) is 9.59 Å². The van der Waals surface area contributed by atoms with Gasteiger partial charge in [0.1, 0.15) is 5.75 Å². The Morgan fingerprint density at radius 1 is 1.03 bits per heavy atom. The van der Waals surface area contributed by atoms with Gasteiger partial charge in [-0.1, -0.05) is 29.8 Å². The summed E-state index contributed by atoms with van der Waals surface area (Å²) in [4.78, 5) is 30.1. The van der Waals surface area contributed by atoms with Gasteiger partial charge in [-0.05, 0) is 35.9 Å². The van der Waals surface area contributed by atoms with Gasteiger partial charge in [0.2, 0.25) is 5.91 Å². The number of hydrogen-bond acceptors (Lipinski definition) is 4. The molecule has 0 spiro atoms. The van der Waals surface area contributed by atoms with E-state index in [1.165, 1.54) is 0 Å². The van der Waals surface area contributed by atoms with Crippen LogP contribution in [0.3, 0.4) is 0 Å². The number of nitrogens with zero attached hydrogens (tertiary/aromatic N) is 2. The molecule has 0 bridgehead atoms. The van der Waals surface area contributed by atoms with Gasteiger partial charge in [0.05, 0.1) is 26.2 Å². The molecule has 2 atom stereocenters. The molecule has 2 aromatic rings. The summed E-state index contributed by atoms with van der Waals surface area (Å²) in [5.74, 6) is 0.303. The minimum atomic E-state index is -0.307. The standard InChI is InChI=1S/C23H25ClN2O4/c1-29-19-7-3-4-16(13-19)20-14-26(22(27)17-5-2-6-18(24)12-17)15-21(20)23(28)25-8-10-30-11-9-25/h2-7,12-13,20-21H,8-11,14-15H2,1H3. The Morgan fingerprint density at radius 2 is 1.80 bits per heavy atom. The van der Waals surface area contributed by atoms with Gasteiger partial charge in [-0.3, -0.25) is 9.59 Å². The molecule has 0 aliphatic carbocycles. The molecule has 2 heterocycles. The Labute approximate surface area is 181 Å². The van der Waals surface area contributed by atoms with Gasteiger partial charge < -0.3 is 19.3 Å². The molecule has 6 nitrogen and oxygen atoms in total. The number of amides is 2. The largest absolute Gasteiger partial charge is 0.497 e. The minimum Gasteiger partial charge on any atom is -0.497 e. The lowest BCUT2D eigenvalue weighted by Crippen LogP contribution is -2.45. The summed E-state index contributed by atoms with van der Waals surface area (Å²) < 4.78 is 10.8. The number of hydrogen-bond donors (Lipinski definition) is 0. The third-order valence-corrected chi connectivity index (χ3v) is 6.08. The monoisotopic (exact) mass is 428 g/mol. The summed E-state index contributed by atoms with van der Waals surface area (Å²) in [7, 11) is 1.62. The average Bonchev–Trinajstić information content (AvgIpc) is 3.24. The van der Waals surface area contributed by atoms with Crippen molar-refractivity contribution < 1.29 is 19.1 Å². The Morgan fingerprint density at radius 3 is 2.53 bits per heavy atom. The van der Waals surface area contributed by atoms with Crippen molar-refractivity contribution in [1.82, 2.24) is 9.80 Å². The van der Waals surface area contributed by atoms with E-state index in [2.05, 4.69) is 0 Å². The summed E-state index contributed by atoms with van der Waals surface area (Å²) in [6, 6.07) is 14.7. The molecule has 0 N–H and O–H groups in total. The van der Waals surface area contributed by atoms with Gasteiger partial charge in [0.15, 0.2) is 0 Å². The SMILES string of the molecule is COc1cccc(C2CN(C(=O)c3cccc(Cl)c3)CC2C(=O)N2CCOCC2)c1. The van der Waals surface area contributed by atoms with Crippen LogP contribution in [-0.4, -0.2) is 68.1 Å². The van der Waals surface area contributed by atoms with Gasteiger partial charge in [0.25, 0.3) is 5.91 Å². The number of carbonyl (C=O) groups excluding carboxylic acids is 2. The third-order valence-electron chi connectivity index (χ3n) is 5.84. The summed E-state index contributed by atoms with van der Waals surface area (Å²) in [5.41, 5.74) is 1.54. The second-order valence-corrected chi connectivity index (χ2v) is 8.08. The zero-order chi connectivity index (χ0) is 21.1. The van der Waals surface area contributed by atoms with Crippen LogP contribution in [0.1, 0.15) is 21.8 Å². The molecule has 0 saturated carbocycles. The van der Waals surface area contributed by atoms with Crippen molar-refractivity contribution in [2.45, 2.75) is 5.92 Å². The maximum atomic E-state index is 13.4. The van der Waals surface area contributed by atoms with Crippen LogP contribution < -0.4 is 4.74 Å². The number of rotatable bonds is 4. The molecule has 158 valence electrons. The first-order valence-electron chi connectivity index (χ1n) is 10.1. The molecule has 2 aliphatic heterocycles. The molecule has 4 rings (SSSR count). The van der Waals surface area contributed by atoms with Gasteiger partial charge in [-0.15, -0.1) is 0 Å². The second-order valence-electron chi connectivity index (χ2n) is 7.65. The fourth-order valence-electron chi connectivity index (χ4n) is 4.25. The Hall–Kier alpha value is -2.57. The van der Waals surface area contributed by atoms with Crippen LogP contribution in [0.25, 0.3) is 0 Å². The van der Waals surface area contributed by atoms with E-state index in [0.717, 1.165) is 11.3 Å². The first-order valence-corrected chi connectivity index (χ1v) is 10.5. The Balaban J connectivity index is 1.62. The molecule has 2 unspecified atom stereocenters. The normalized spacial score (nSPS) is 21.5. The summed E-state index contributed by atoms with van der Waals surface area (Å²) in [5, 5.41) is 0.519. The first-order chi connectivity index (χ1) is 14.6. The lowest BCUT2D eigenvalue weighted by atomic mass is 9.87. The topological polar surface area (TPSA) is 59.1 Å². The van der Waals surface area contributed by atoms with E-state index >= 15 is 0 Å². The summed E-state index contributed by atoms with van der Waals surface area (Å²) >= 11 is 6.08. The molecule has 2 amide bonds. The maximum absolute atomic E-state index is 13.4. The van der Waals surface area contributed by atoms with Crippen LogP contribution in [0.5, 0.6) is 5.75 Å². The van der Waals surface area contributed by atoms with Crippen LogP contribution >= 0.6 is 11.6 Å². The molecule has 2 saturated heterocycles. The van der Waals surface area contributed by atoms with Crippen molar-refractivity contribution >= 4 is 23.4 Å². The maximum Gasteiger partial charge on any atom is 0.253 e. The van der Waals surface area contributed by atoms with Crippen molar-refractivity contribution in [1.29, 1.82) is 0 Å². The number of methoxy groups -OCH3 is 1. The lowest BCUT2D eigenvalue weighted by Gasteiger charge is -2.30. The fraction of sp³-hybridized carbons (Fsp3) is 0.391. The number of likely N-dealkylation sites (tertiary alicyclic amines) is 1. The van der Waals surface area contributed by atoms with Crippen molar-refractivity contribution in [3.8, 4) is 5.75 Å². The Kier molecular flexibility index (Phi) is 6.25. The quantitative estimate of drug-likeness (QED) is 0.751. The predicted octanol–water partition coefficient (Wildman–Crippen LogP) is 3.06. The highest BCUT2D eigenvalue weighted by atomic mass is 35.5. The van der Waals surface area contributed by atoms with E-state index in [4.69, 9.17) is 21.1 Å². The fourth-order valence-corrected chi connectivity index (χ4v) is 4.44. The number of ether oxygens (including phenoxy) is 2. The van der Waals surface area contributed by atoms with E-state index in [1.54, 1.807) is 36.3 Å². The smallest absolute Gasteiger partial charge is 0.253 e. The molecule has 2 aliphatic rings. The highest BCUT2D eigenvalue weighted by molar-refractivity contribution is 6.30. The highest BCUT2D eigenvalue weighted by Gasteiger charge is 2.42. The van der Waals surface area contributed by atoms with Gasteiger partial charge >= 0.3 is 0 Å². The summed E-state index contributed by atoms with van der Waals surface area (Å²) in [6.07, 6.45) is 0. The molecular formula is C23H25ClN2O4. The second kappa shape index (κ2) is 9.06. The van der Waals surface area contributed by atoms with Crippen LogP contribution in [0.4, 0.5) is 0 Å². The van der Waals surface area contributed by atoms with E-state index in [-0.39, 0.29) is 23.7 Å². The molecule has 0 aromatic heterocycles. The number of carbonyl (C=O) groups is 2. The van der Waals surface area contributed by atoms with Crippen molar-refractivity contribution in [2.24, 2.45) is 5.92 Å². The van der Waals surface area contributed by atoms with Crippen LogP contribution in [0.15, 0.2) is 48.5 Å². The van der Waals surface area contributed by atoms with Crippen molar-refractivity contribution in [3.05, 3.63) is 64.7 Å². The van der Waals surface area contributed by atoms with Crippen LogP contribution in [0.2, 0.25) is 5.02 Å². The highest BCUT2D eigenvalue weighted by Crippen LogP contribution is 2.36. The average molecular weight is 429 g/mol. The molecular weight excluding hydrogens is 404 g/mol. The molecule has 30 heavy (non-hydrogen) atoms. The number of benzene rings is 2. The van der Waals surface area contributed by atoms with Crippen molar-refractivity contribution in [2.75, 3.05) is 46.5 Å². The zero-order valence-corrected chi connectivity index (χ0v) is 17.7.